The predicted molar refractivity (Wildman–Crippen MR) is 74.3 cm³/mol. The van der Waals surface area contributed by atoms with Crippen LogP contribution in [-0.4, -0.2) is 47.6 Å². The monoisotopic (exact) mass is 263 g/mol. The number of amides is 1. The summed E-state index contributed by atoms with van der Waals surface area (Å²) >= 11 is 0. The Hall–Kier alpha value is -1.69. The van der Waals surface area contributed by atoms with E-state index in [0.717, 1.165) is 32.0 Å². The fraction of sp³-hybridized carbons (Fsp3) is 0.615. The molecule has 0 aromatic carbocycles. The molecule has 1 aromatic rings. The molecule has 2 N–H and O–H groups in total. The van der Waals surface area contributed by atoms with Crippen molar-refractivity contribution in [3.05, 3.63) is 18.1 Å². The molecule has 0 radical (unpaired) electrons. The van der Waals surface area contributed by atoms with Gasteiger partial charge in [0, 0.05) is 31.7 Å². The second-order valence-corrected chi connectivity index (χ2v) is 5.70. The summed E-state index contributed by atoms with van der Waals surface area (Å²) in [5.41, 5.74) is 0.0875. The van der Waals surface area contributed by atoms with Crippen molar-refractivity contribution in [2.45, 2.75) is 26.3 Å². The molecule has 0 unspecified atom stereocenters. The molecule has 6 heteroatoms. The number of carbonyl (C=O) groups is 1. The highest BCUT2D eigenvalue weighted by atomic mass is 16.2. The minimum Gasteiger partial charge on any atom is -0.353 e. The van der Waals surface area contributed by atoms with Crippen LogP contribution < -0.4 is 15.5 Å². The van der Waals surface area contributed by atoms with Crippen LogP contribution in [0.1, 0.15) is 31.3 Å². The first-order valence-corrected chi connectivity index (χ1v) is 6.56. The lowest BCUT2D eigenvalue weighted by Gasteiger charge is -2.28. The molecule has 0 aliphatic carbocycles. The largest absolute Gasteiger partial charge is 0.353 e. The first-order chi connectivity index (χ1) is 8.96. The molecule has 1 amide bonds. The van der Waals surface area contributed by atoms with Crippen LogP contribution in [0.4, 0.5) is 5.82 Å². The maximum atomic E-state index is 11.9. The van der Waals surface area contributed by atoms with Crippen LogP contribution in [0.3, 0.4) is 0 Å². The number of hydrogen-bond donors (Lipinski definition) is 2. The third-order valence-corrected chi connectivity index (χ3v) is 2.80. The fourth-order valence-corrected chi connectivity index (χ4v) is 1.90. The van der Waals surface area contributed by atoms with Gasteiger partial charge in [0.1, 0.15) is 11.5 Å². The van der Waals surface area contributed by atoms with E-state index in [1.165, 1.54) is 0 Å². The van der Waals surface area contributed by atoms with E-state index in [9.17, 15) is 4.79 Å². The van der Waals surface area contributed by atoms with E-state index in [-0.39, 0.29) is 11.4 Å². The summed E-state index contributed by atoms with van der Waals surface area (Å²) in [6.45, 7) is 9.56. The molecule has 0 bridgehead atoms. The van der Waals surface area contributed by atoms with Crippen molar-refractivity contribution in [1.82, 2.24) is 20.6 Å². The molecule has 6 nitrogen and oxygen atoms in total. The molecular formula is C13H21N5O. The maximum Gasteiger partial charge on any atom is 0.271 e. The van der Waals surface area contributed by atoms with E-state index in [0.29, 0.717) is 5.69 Å². The lowest BCUT2D eigenvalue weighted by atomic mass is 10.1. The van der Waals surface area contributed by atoms with Gasteiger partial charge in [-0.3, -0.25) is 4.79 Å². The van der Waals surface area contributed by atoms with E-state index in [4.69, 9.17) is 0 Å². The van der Waals surface area contributed by atoms with Gasteiger partial charge in [-0.15, -0.1) is 0 Å². The zero-order valence-electron chi connectivity index (χ0n) is 11.7. The zero-order chi connectivity index (χ0) is 13.9. The molecule has 1 saturated heterocycles. The van der Waals surface area contributed by atoms with Gasteiger partial charge in [0.25, 0.3) is 5.91 Å². The van der Waals surface area contributed by atoms with Gasteiger partial charge in [-0.1, -0.05) is 0 Å². The van der Waals surface area contributed by atoms with Crippen LogP contribution in [0.5, 0.6) is 0 Å². The Labute approximate surface area is 113 Å². The van der Waals surface area contributed by atoms with Gasteiger partial charge in [-0.05, 0) is 20.8 Å². The Balaban J connectivity index is 2.03. The molecule has 0 saturated carbocycles. The molecule has 2 rings (SSSR count). The molecule has 2 heterocycles. The molecule has 1 aliphatic rings. The second kappa shape index (κ2) is 5.52. The van der Waals surface area contributed by atoms with Crippen molar-refractivity contribution < 1.29 is 4.79 Å². The van der Waals surface area contributed by atoms with E-state index in [1.807, 2.05) is 20.8 Å². The van der Waals surface area contributed by atoms with Crippen molar-refractivity contribution >= 4 is 11.7 Å². The highest BCUT2D eigenvalue weighted by molar-refractivity contribution is 5.92. The molecule has 1 aromatic heterocycles. The third-order valence-electron chi connectivity index (χ3n) is 2.80. The Bertz CT molecular complexity index is 431. The van der Waals surface area contributed by atoms with Crippen molar-refractivity contribution in [2.24, 2.45) is 0 Å². The summed E-state index contributed by atoms with van der Waals surface area (Å²) in [6.07, 6.45) is 3.21. The standard InChI is InChI=1S/C13H21N5O/c1-13(2,3)17-12(19)10-8-16-11(9-15-10)18-6-4-14-5-7-18/h8-9,14H,4-7H2,1-3H3,(H,17,19). The highest BCUT2D eigenvalue weighted by Gasteiger charge is 2.17. The summed E-state index contributed by atoms with van der Waals surface area (Å²) in [5.74, 6) is 0.640. The van der Waals surface area contributed by atoms with Crippen LogP contribution in [0.15, 0.2) is 12.4 Å². The molecule has 1 fully saturated rings. The summed E-state index contributed by atoms with van der Waals surface area (Å²) in [4.78, 5) is 22.6. The Morgan fingerprint density at radius 3 is 2.47 bits per heavy atom. The van der Waals surface area contributed by atoms with E-state index in [2.05, 4.69) is 25.5 Å². The number of rotatable bonds is 2. The third kappa shape index (κ3) is 3.89. The summed E-state index contributed by atoms with van der Waals surface area (Å²) < 4.78 is 0. The SMILES string of the molecule is CC(C)(C)NC(=O)c1cnc(N2CCNCC2)cn1. The van der Waals surface area contributed by atoms with Crippen molar-refractivity contribution in [3.63, 3.8) is 0 Å². The first kappa shape index (κ1) is 13.7. The lowest BCUT2D eigenvalue weighted by molar-refractivity contribution is 0.0914. The maximum absolute atomic E-state index is 11.9. The number of anilines is 1. The molecule has 0 spiro atoms. The van der Waals surface area contributed by atoms with Crippen molar-refractivity contribution in [1.29, 1.82) is 0 Å². The van der Waals surface area contributed by atoms with Gasteiger partial charge < -0.3 is 15.5 Å². The van der Waals surface area contributed by atoms with Gasteiger partial charge in [-0.25, -0.2) is 9.97 Å². The molecule has 0 atom stereocenters. The quantitative estimate of drug-likeness (QED) is 0.809. The molecule has 19 heavy (non-hydrogen) atoms. The predicted octanol–water partition coefficient (Wildman–Crippen LogP) is 0.415. The number of piperazine rings is 1. The van der Waals surface area contributed by atoms with Crippen LogP contribution >= 0.6 is 0 Å². The van der Waals surface area contributed by atoms with Gasteiger partial charge in [0.15, 0.2) is 0 Å². The average Bonchev–Trinajstić information content (AvgIpc) is 2.38. The number of nitrogens with zero attached hydrogens (tertiary/aromatic N) is 3. The topological polar surface area (TPSA) is 70.2 Å². The van der Waals surface area contributed by atoms with E-state index < -0.39 is 0 Å². The van der Waals surface area contributed by atoms with Crippen molar-refractivity contribution in [3.8, 4) is 0 Å². The van der Waals surface area contributed by atoms with Crippen molar-refractivity contribution in [2.75, 3.05) is 31.1 Å². The summed E-state index contributed by atoms with van der Waals surface area (Å²) in [6, 6.07) is 0. The van der Waals surface area contributed by atoms with Crippen LogP contribution in [0.25, 0.3) is 0 Å². The first-order valence-electron chi connectivity index (χ1n) is 6.56. The number of nitrogens with one attached hydrogen (secondary N) is 2. The van der Waals surface area contributed by atoms with Gasteiger partial charge >= 0.3 is 0 Å². The summed E-state index contributed by atoms with van der Waals surface area (Å²) in [7, 11) is 0. The van der Waals surface area contributed by atoms with E-state index in [1.54, 1.807) is 12.4 Å². The Morgan fingerprint density at radius 1 is 1.26 bits per heavy atom. The Kier molecular flexibility index (Phi) is 3.99. The minimum absolute atomic E-state index is 0.188. The number of hydrogen-bond acceptors (Lipinski definition) is 5. The van der Waals surface area contributed by atoms with Crippen LogP contribution in [0, 0.1) is 0 Å². The number of carbonyl (C=O) groups excluding carboxylic acids is 1. The highest BCUT2D eigenvalue weighted by Crippen LogP contribution is 2.10. The van der Waals surface area contributed by atoms with Crippen LogP contribution in [0.2, 0.25) is 0 Å². The van der Waals surface area contributed by atoms with Gasteiger partial charge in [-0.2, -0.15) is 0 Å². The summed E-state index contributed by atoms with van der Waals surface area (Å²) in [5, 5.41) is 6.16. The fourth-order valence-electron chi connectivity index (χ4n) is 1.90. The normalized spacial score (nSPS) is 16.3. The molecule has 104 valence electrons. The minimum atomic E-state index is -0.268. The average molecular weight is 263 g/mol. The van der Waals surface area contributed by atoms with Gasteiger partial charge in [0.2, 0.25) is 0 Å². The van der Waals surface area contributed by atoms with E-state index >= 15 is 0 Å². The Morgan fingerprint density at radius 2 is 1.95 bits per heavy atom. The smallest absolute Gasteiger partial charge is 0.271 e. The van der Waals surface area contributed by atoms with Gasteiger partial charge in [0.05, 0.1) is 12.4 Å². The van der Waals surface area contributed by atoms with Crippen LogP contribution in [-0.2, 0) is 0 Å². The number of aromatic nitrogens is 2. The molecular weight excluding hydrogens is 242 g/mol. The molecule has 1 aliphatic heterocycles. The lowest BCUT2D eigenvalue weighted by Crippen LogP contribution is -2.44. The second-order valence-electron chi connectivity index (χ2n) is 5.70. The zero-order valence-corrected chi connectivity index (χ0v) is 11.7.